The molecule has 1 atom stereocenters. The largest absolute Gasteiger partial charge is 0.565 e. The van der Waals surface area contributed by atoms with Gasteiger partial charge in [0, 0.05) is 41.2 Å². The van der Waals surface area contributed by atoms with E-state index in [1.165, 1.54) is 33.4 Å². The summed E-state index contributed by atoms with van der Waals surface area (Å²) in [5.74, 6) is 0.966. The Bertz CT molecular complexity index is 1350. The summed E-state index contributed by atoms with van der Waals surface area (Å²) < 4.78 is 10.8. The van der Waals surface area contributed by atoms with Crippen LogP contribution >= 0.6 is 0 Å². The first-order valence-electron chi connectivity index (χ1n) is 12.8. The number of para-hydroxylation sites is 1. The summed E-state index contributed by atoms with van der Waals surface area (Å²) in [4.78, 5) is 0. The van der Waals surface area contributed by atoms with Gasteiger partial charge < -0.3 is 69.1 Å². The molecule has 0 heterocycles. The number of methoxy groups -OCH3 is 2. The van der Waals surface area contributed by atoms with E-state index >= 15 is 0 Å². The average Bonchev–Trinajstić information content (AvgIpc) is 3.79. The van der Waals surface area contributed by atoms with Crippen molar-refractivity contribution in [1.82, 2.24) is 0 Å². The molecular formula is C36H34Fe2O2-8. The third-order valence-electron chi connectivity index (χ3n) is 6.31. The Morgan fingerprint density at radius 3 is 1.80 bits per heavy atom. The van der Waals surface area contributed by atoms with Gasteiger partial charge in [-0.1, -0.05) is 48.5 Å². The van der Waals surface area contributed by atoms with Gasteiger partial charge in [-0.05, 0) is 23.6 Å². The van der Waals surface area contributed by atoms with E-state index in [9.17, 15) is 0 Å². The second-order valence-electron chi connectivity index (χ2n) is 8.87. The van der Waals surface area contributed by atoms with Crippen LogP contribution in [0.1, 0.15) is 28.4 Å². The predicted octanol–water partition coefficient (Wildman–Crippen LogP) is 8.93. The van der Waals surface area contributed by atoms with Crippen LogP contribution in [0.5, 0.6) is 5.75 Å². The zero-order valence-electron chi connectivity index (χ0n) is 22.7. The summed E-state index contributed by atoms with van der Waals surface area (Å²) in [6.07, 6.45) is 1.00. The molecule has 214 valence electrons. The molecule has 0 spiro atoms. The van der Waals surface area contributed by atoms with Gasteiger partial charge in [-0.15, -0.1) is 5.56 Å². The summed E-state index contributed by atoms with van der Waals surface area (Å²) >= 11 is 0. The molecule has 0 fully saturated rings. The van der Waals surface area contributed by atoms with E-state index in [1.54, 1.807) is 14.2 Å². The minimum atomic E-state index is 0. The molecule has 2 nitrogen and oxygen atoms in total. The fourth-order valence-electron chi connectivity index (χ4n) is 4.39. The molecule has 0 aliphatic carbocycles. The van der Waals surface area contributed by atoms with Gasteiger partial charge in [-0.2, -0.15) is 29.8 Å². The molecule has 0 aliphatic rings. The third-order valence-corrected chi connectivity index (χ3v) is 6.31. The molecule has 0 amide bonds. The maximum absolute atomic E-state index is 5.48. The molecule has 4 heteroatoms. The number of ether oxygens (including phenoxy) is 2. The Balaban J connectivity index is 0.000000208. The van der Waals surface area contributed by atoms with Crippen molar-refractivity contribution in [2.24, 2.45) is 0 Å². The topological polar surface area (TPSA) is 18.5 Å². The van der Waals surface area contributed by atoms with Crippen molar-refractivity contribution in [2.45, 2.75) is 12.5 Å². The number of benzene rings is 2. The monoisotopic (exact) mass is 610 g/mol. The van der Waals surface area contributed by atoms with Crippen molar-refractivity contribution >= 4 is 0 Å². The molecular weight excluding hydrogens is 576 g/mol. The number of rotatable bonds is 7. The SMILES string of the molecule is COC(c1ccccc1)[c-]1cccc1.COc1ccccc1C[c-]1cccc1.[Fe].[Fe].c1cc[c-](-[c-]2[cH-][cH-][cH-][cH-]2)c1. The van der Waals surface area contributed by atoms with Gasteiger partial charge in [-0.25, -0.2) is 24.3 Å². The van der Waals surface area contributed by atoms with E-state index in [0.717, 1.165) is 12.2 Å². The van der Waals surface area contributed by atoms with Crippen molar-refractivity contribution < 1.29 is 43.6 Å². The van der Waals surface area contributed by atoms with Crippen LogP contribution in [0, 0.1) is 0 Å². The first-order valence-corrected chi connectivity index (χ1v) is 12.8. The summed E-state index contributed by atoms with van der Waals surface area (Å²) in [5, 5.41) is 0. The number of hydrogen-bond donors (Lipinski definition) is 0. The van der Waals surface area contributed by atoms with Gasteiger partial charge in [0.25, 0.3) is 0 Å². The molecule has 0 N–H and O–H groups in total. The Kier molecular flexibility index (Phi) is 14.8. The van der Waals surface area contributed by atoms with Crippen molar-refractivity contribution in [3.8, 4) is 16.9 Å². The van der Waals surface area contributed by atoms with E-state index in [1.807, 2.05) is 48.5 Å². The van der Waals surface area contributed by atoms with Crippen molar-refractivity contribution in [2.75, 3.05) is 14.2 Å². The summed E-state index contributed by atoms with van der Waals surface area (Å²) in [6.45, 7) is 0. The molecule has 0 saturated carbocycles. The maximum Gasteiger partial charge on any atom is 0.121 e. The molecule has 6 rings (SSSR count). The Labute approximate surface area is 260 Å². The average molecular weight is 610 g/mol. The minimum absolute atomic E-state index is 0. The molecule has 6 aromatic rings. The van der Waals surface area contributed by atoms with Crippen LogP contribution in [-0.2, 0) is 45.3 Å². The molecule has 0 bridgehead atoms. The number of hydrogen-bond acceptors (Lipinski definition) is 2. The van der Waals surface area contributed by atoms with Gasteiger partial charge in [0.15, 0.2) is 0 Å². The Morgan fingerprint density at radius 1 is 0.650 bits per heavy atom. The molecule has 0 radical (unpaired) electrons. The normalized spacial score (nSPS) is 10.4. The zero-order chi connectivity index (χ0) is 26.4. The maximum atomic E-state index is 5.48. The van der Waals surface area contributed by atoms with E-state index < -0.39 is 0 Å². The van der Waals surface area contributed by atoms with E-state index in [4.69, 9.17) is 9.47 Å². The smallest absolute Gasteiger partial charge is 0.121 e. The van der Waals surface area contributed by atoms with Crippen molar-refractivity contribution in [3.05, 3.63) is 174 Å². The van der Waals surface area contributed by atoms with Crippen LogP contribution in [0.15, 0.2) is 152 Å². The second-order valence-corrected chi connectivity index (χ2v) is 8.87. The Morgan fingerprint density at radius 2 is 1.20 bits per heavy atom. The third kappa shape index (κ3) is 9.68. The standard InChI is InChI=1S/2C13H13O.C10H8.2Fe/c1-14-13-9-5-4-8-12(13)10-11-6-2-3-7-11;1-14-13(12-9-5-6-10-12)11-7-3-2-4-8-11;1-2-6-9(5-1)10-7-3-4-8-10;;/h2-9H,10H2,1H3;2-10,13H,1H3;1-8H;;/q2*-1;-6;;. The van der Waals surface area contributed by atoms with E-state index in [0.29, 0.717) is 0 Å². The fraction of sp³-hybridized carbons (Fsp3) is 0.111. The zero-order valence-corrected chi connectivity index (χ0v) is 25.0. The first kappa shape index (κ1) is 32.8. The van der Waals surface area contributed by atoms with Gasteiger partial charge in [0.05, 0.1) is 13.2 Å². The van der Waals surface area contributed by atoms with Crippen LogP contribution in [0.3, 0.4) is 0 Å². The molecule has 40 heavy (non-hydrogen) atoms. The van der Waals surface area contributed by atoms with E-state index in [2.05, 4.69) is 103 Å². The van der Waals surface area contributed by atoms with Crippen LogP contribution < -0.4 is 4.74 Å². The molecule has 0 aromatic heterocycles. The summed E-state index contributed by atoms with van der Waals surface area (Å²) in [5.41, 5.74) is 7.59. The van der Waals surface area contributed by atoms with Crippen LogP contribution in [0.2, 0.25) is 0 Å². The summed E-state index contributed by atoms with van der Waals surface area (Å²) in [7, 11) is 3.45. The minimum Gasteiger partial charge on any atom is -0.565 e. The quantitative estimate of drug-likeness (QED) is 0.133. The molecule has 1 unspecified atom stereocenters. The van der Waals surface area contributed by atoms with Gasteiger partial charge in [0.2, 0.25) is 0 Å². The van der Waals surface area contributed by atoms with Gasteiger partial charge in [0.1, 0.15) is 5.75 Å². The van der Waals surface area contributed by atoms with Gasteiger partial charge in [-0.3, -0.25) is 0 Å². The fourth-order valence-corrected chi connectivity index (χ4v) is 4.39. The van der Waals surface area contributed by atoms with Crippen LogP contribution in [-0.4, -0.2) is 14.2 Å². The van der Waals surface area contributed by atoms with Crippen LogP contribution in [0.25, 0.3) is 11.1 Å². The summed E-state index contributed by atoms with van der Waals surface area (Å²) in [6, 6.07) is 51.7. The van der Waals surface area contributed by atoms with Crippen LogP contribution in [0.4, 0.5) is 0 Å². The van der Waals surface area contributed by atoms with Crippen molar-refractivity contribution in [1.29, 1.82) is 0 Å². The predicted molar refractivity (Wildman–Crippen MR) is 158 cm³/mol. The first-order chi connectivity index (χ1) is 18.8. The van der Waals surface area contributed by atoms with E-state index in [-0.39, 0.29) is 40.2 Å². The Hall–Kier alpha value is -3.36. The molecule has 0 aliphatic heterocycles. The van der Waals surface area contributed by atoms with Gasteiger partial charge >= 0.3 is 0 Å². The molecule has 6 aromatic carbocycles. The second kappa shape index (κ2) is 18.1. The molecule has 0 saturated heterocycles. The van der Waals surface area contributed by atoms with Crippen molar-refractivity contribution in [3.63, 3.8) is 0 Å².